The van der Waals surface area contributed by atoms with Gasteiger partial charge in [0, 0.05) is 43.1 Å². The summed E-state index contributed by atoms with van der Waals surface area (Å²) in [6.45, 7) is 8.77. The normalized spacial score (nSPS) is 14.9. The van der Waals surface area contributed by atoms with E-state index in [4.69, 9.17) is 9.47 Å². The Hall–Kier alpha value is -3.49. The predicted molar refractivity (Wildman–Crippen MR) is 123 cm³/mol. The van der Waals surface area contributed by atoms with Gasteiger partial charge in [-0.1, -0.05) is 0 Å². The number of rotatable bonds is 4. The van der Waals surface area contributed by atoms with Gasteiger partial charge < -0.3 is 19.7 Å². The molecule has 9 heteroatoms. The highest BCUT2D eigenvalue weighted by Crippen LogP contribution is 2.29. The molecule has 8 nitrogen and oxygen atoms in total. The van der Waals surface area contributed by atoms with Gasteiger partial charge in [0.1, 0.15) is 29.6 Å². The minimum atomic E-state index is -0.585. The molecule has 2 aromatic heterocycles. The first kappa shape index (κ1) is 22.7. The highest BCUT2D eigenvalue weighted by molar-refractivity contribution is 5.89. The minimum Gasteiger partial charge on any atom is -0.490 e. The second-order valence-electron chi connectivity index (χ2n) is 9.14. The molecule has 1 aromatic carbocycles. The summed E-state index contributed by atoms with van der Waals surface area (Å²) >= 11 is 0. The van der Waals surface area contributed by atoms with Crippen LogP contribution in [0.15, 0.2) is 36.8 Å². The van der Waals surface area contributed by atoms with Gasteiger partial charge in [-0.15, -0.1) is 0 Å². The number of hydrogen-bond acceptors (Lipinski definition) is 7. The van der Waals surface area contributed by atoms with E-state index in [1.54, 1.807) is 4.90 Å². The molecule has 1 saturated heterocycles. The molecule has 4 rings (SSSR count). The van der Waals surface area contributed by atoms with E-state index in [-0.39, 0.29) is 12.2 Å². The zero-order chi connectivity index (χ0) is 23.6. The van der Waals surface area contributed by atoms with Crippen molar-refractivity contribution in [3.05, 3.63) is 48.3 Å². The number of anilines is 2. The Bertz CT molecular complexity index is 1160. The summed E-state index contributed by atoms with van der Waals surface area (Å²) in [7, 11) is 0. The Morgan fingerprint density at radius 1 is 1.15 bits per heavy atom. The first-order chi connectivity index (χ1) is 15.7. The first-order valence-electron chi connectivity index (χ1n) is 11.0. The average molecular weight is 454 g/mol. The number of pyridine rings is 1. The molecular weight excluding hydrogens is 425 g/mol. The summed E-state index contributed by atoms with van der Waals surface area (Å²) in [5.74, 6) is 0.709. The fourth-order valence-electron chi connectivity index (χ4n) is 3.69. The van der Waals surface area contributed by atoms with Crippen LogP contribution in [0.3, 0.4) is 0 Å². The first-order valence-corrected chi connectivity index (χ1v) is 11.0. The van der Waals surface area contributed by atoms with Crippen molar-refractivity contribution in [3.8, 4) is 5.75 Å². The maximum Gasteiger partial charge on any atom is 0.410 e. The number of piperidine rings is 1. The van der Waals surface area contributed by atoms with Crippen LogP contribution < -0.4 is 10.1 Å². The number of amides is 1. The summed E-state index contributed by atoms with van der Waals surface area (Å²) < 4.78 is 25.3. The number of halogens is 1. The molecule has 1 aliphatic rings. The van der Waals surface area contributed by atoms with E-state index in [0.29, 0.717) is 29.8 Å². The van der Waals surface area contributed by atoms with Crippen LogP contribution in [0.4, 0.5) is 20.7 Å². The lowest BCUT2D eigenvalue weighted by molar-refractivity contribution is 0.0126. The Morgan fingerprint density at radius 3 is 2.61 bits per heavy atom. The van der Waals surface area contributed by atoms with Crippen molar-refractivity contribution < 1.29 is 18.7 Å². The smallest absolute Gasteiger partial charge is 0.410 e. The van der Waals surface area contributed by atoms with Crippen molar-refractivity contribution >= 4 is 28.5 Å². The van der Waals surface area contributed by atoms with E-state index in [1.165, 1.54) is 18.6 Å². The molecule has 3 aromatic rings. The summed E-state index contributed by atoms with van der Waals surface area (Å²) in [5.41, 5.74) is 1.82. The second kappa shape index (κ2) is 9.17. The quantitative estimate of drug-likeness (QED) is 0.556. The predicted octanol–water partition coefficient (Wildman–Crippen LogP) is 4.99. The zero-order valence-electron chi connectivity index (χ0n) is 19.3. The van der Waals surface area contributed by atoms with E-state index >= 15 is 0 Å². The van der Waals surface area contributed by atoms with Crippen LogP contribution in [-0.4, -0.2) is 50.7 Å². The van der Waals surface area contributed by atoms with E-state index in [1.807, 2.05) is 45.9 Å². The van der Waals surface area contributed by atoms with Crippen molar-refractivity contribution in [3.63, 3.8) is 0 Å². The highest BCUT2D eigenvalue weighted by atomic mass is 19.1. The molecule has 1 N–H and O–H groups in total. The highest BCUT2D eigenvalue weighted by Gasteiger charge is 2.27. The van der Waals surface area contributed by atoms with Gasteiger partial charge in [-0.05, 0) is 51.5 Å². The molecule has 0 radical (unpaired) electrons. The van der Waals surface area contributed by atoms with Gasteiger partial charge in [-0.25, -0.2) is 19.7 Å². The molecule has 0 saturated carbocycles. The van der Waals surface area contributed by atoms with Crippen LogP contribution in [0.25, 0.3) is 10.9 Å². The summed E-state index contributed by atoms with van der Waals surface area (Å²) in [6.07, 6.45) is 4.03. The molecule has 1 fully saturated rings. The molecular formula is C24H28FN5O3. The topological polar surface area (TPSA) is 89.5 Å². The van der Waals surface area contributed by atoms with Crippen LogP contribution in [0.1, 0.15) is 39.2 Å². The Balaban J connectivity index is 1.38. The number of carbonyl (C=O) groups is 1. The number of nitrogens with zero attached hydrogens (tertiary/aromatic N) is 4. The molecule has 1 amide bonds. The minimum absolute atomic E-state index is 0.0301. The SMILES string of the molecule is Cc1cc(Nc2ncnc3cnc(F)cc23)ccc1OC1CCN(C(=O)OC(C)(C)C)CC1. The van der Waals surface area contributed by atoms with E-state index in [2.05, 4.69) is 20.3 Å². The summed E-state index contributed by atoms with van der Waals surface area (Å²) in [5, 5.41) is 3.78. The second-order valence-corrected chi connectivity index (χ2v) is 9.14. The van der Waals surface area contributed by atoms with Gasteiger partial charge in [0.25, 0.3) is 0 Å². The molecule has 0 spiro atoms. The Labute approximate surface area is 192 Å². The van der Waals surface area contributed by atoms with Gasteiger partial charge in [0.05, 0.1) is 11.7 Å². The van der Waals surface area contributed by atoms with Crippen LogP contribution >= 0.6 is 0 Å². The largest absolute Gasteiger partial charge is 0.490 e. The number of likely N-dealkylation sites (tertiary alicyclic amines) is 1. The van der Waals surface area contributed by atoms with Gasteiger partial charge >= 0.3 is 6.09 Å². The number of hydrogen-bond donors (Lipinski definition) is 1. The molecule has 0 atom stereocenters. The van der Waals surface area contributed by atoms with Crippen LogP contribution in [-0.2, 0) is 4.74 Å². The van der Waals surface area contributed by atoms with Crippen molar-refractivity contribution in [1.82, 2.24) is 19.9 Å². The fourth-order valence-corrected chi connectivity index (χ4v) is 3.69. The average Bonchev–Trinajstić information content (AvgIpc) is 2.75. The third-order valence-electron chi connectivity index (χ3n) is 5.31. The van der Waals surface area contributed by atoms with Crippen molar-refractivity contribution in [2.45, 2.75) is 52.2 Å². The number of carbonyl (C=O) groups excluding carboxylic acids is 1. The van der Waals surface area contributed by atoms with Crippen molar-refractivity contribution in [1.29, 1.82) is 0 Å². The Morgan fingerprint density at radius 2 is 1.91 bits per heavy atom. The molecule has 174 valence electrons. The molecule has 0 bridgehead atoms. The maximum atomic E-state index is 13.6. The third kappa shape index (κ3) is 5.66. The number of nitrogens with one attached hydrogen (secondary N) is 1. The molecule has 0 unspecified atom stereocenters. The molecule has 0 aliphatic carbocycles. The lowest BCUT2D eigenvalue weighted by Crippen LogP contribution is -2.44. The van der Waals surface area contributed by atoms with Gasteiger partial charge in [0.15, 0.2) is 0 Å². The lowest BCUT2D eigenvalue weighted by Gasteiger charge is -2.33. The fraction of sp³-hybridized carbons (Fsp3) is 0.417. The van der Waals surface area contributed by atoms with Gasteiger partial charge in [-0.2, -0.15) is 4.39 Å². The number of ether oxygens (including phenoxy) is 2. The standard InChI is InChI=1S/C24H28FN5O3/c1-15-11-16(29-22-18-12-21(25)26-13-19(18)27-14-28-22)5-6-20(15)32-17-7-9-30(10-8-17)23(31)33-24(2,3)4/h5-6,11-14,17H,7-10H2,1-4H3,(H,27,28,29). The maximum absolute atomic E-state index is 13.6. The number of fused-ring (bicyclic) bond motifs is 1. The van der Waals surface area contributed by atoms with Crippen molar-refractivity contribution in [2.75, 3.05) is 18.4 Å². The lowest BCUT2D eigenvalue weighted by atomic mass is 10.1. The monoisotopic (exact) mass is 453 g/mol. The van der Waals surface area contributed by atoms with Crippen LogP contribution in [0.5, 0.6) is 5.75 Å². The van der Waals surface area contributed by atoms with Gasteiger partial charge in [-0.3, -0.25) is 0 Å². The molecule has 1 aliphatic heterocycles. The summed E-state index contributed by atoms with van der Waals surface area (Å²) in [4.78, 5) is 26.0. The number of benzene rings is 1. The zero-order valence-corrected chi connectivity index (χ0v) is 19.3. The van der Waals surface area contributed by atoms with E-state index in [0.717, 1.165) is 29.8 Å². The molecule has 3 heterocycles. The van der Waals surface area contributed by atoms with Crippen LogP contribution in [0, 0.1) is 12.9 Å². The van der Waals surface area contributed by atoms with Gasteiger partial charge in [0.2, 0.25) is 5.95 Å². The number of aryl methyl sites for hydroxylation is 1. The molecule has 33 heavy (non-hydrogen) atoms. The Kier molecular flexibility index (Phi) is 6.31. The van der Waals surface area contributed by atoms with Crippen molar-refractivity contribution in [2.24, 2.45) is 0 Å². The number of aromatic nitrogens is 3. The third-order valence-corrected chi connectivity index (χ3v) is 5.31. The van der Waals surface area contributed by atoms with E-state index < -0.39 is 11.5 Å². The van der Waals surface area contributed by atoms with E-state index in [9.17, 15) is 9.18 Å². The summed E-state index contributed by atoms with van der Waals surface area (Å²) in [6, 6.07) is 7.06. The van der Waals surface area contributed by atoms with Crippen LogP contribution in [0.2, 0.25) is 0 Å².